The number of phenolic OH excluding ortho intramolecular Hbond substituents is 1. The molecule has 1 fully saturated rings. The summed E-state index contributed by atoms with van der Waals surface area (Å²) in [5, 5.41) is 9.45. The number of likely N-dealkylation sites (N-methyl/N-ethyl adjacent to an activating group) is 2. The number of barbiturate groups is 1. The first-order valence-corrected chi connectivity index (χ1v) is 6.71. The van der Waals surface area contributed by atoms with Gasteiger partial charge in [-0.3, -0.25) is 19.4 Å². The molecule has 104 valence electrons. The van der Waals surface area contributed by atoms with Crippen molar-refractivity contribution in [3.63, 3.8) is 0 Å². The number of hydrogen-bond donors (Lipinski definition) is 1. The van der Waals surface area contributed by atoms with E-state index in [1.165, 1.54) is 26.2 Å². The van der Waals surface area contributed by atoms with Crippen LogP contribution in [0, 0.1) is 3.57 Å². The monoisotopic (exact) mass is 386 g/mol. The third kappa shape index (κ3) is 2.40. The topological polar surface area (TPSA) is 77.9 Å². The third-order valence-electron chi connectivity index (χ3n) is 2.93. The second-order valence-corrected chi connectivity index (χ2v) is 5.44. The largest absolute Gasteiger partial charge is 0.507 e. The van der Waals surface area contributed by atoms with Gasteiger partial charge in [-0.2, -0.15) is 0 Å². The van der Waals surface area contributed by atoms with Crippen LogP contribution in [0.2, 0.25) is 0 Å². The highest BCUT2D eigenvalue weighted by Crippen LogP contribution is 2.23. The molecule has 0 spiro atoms. The van der Waals surface area contributed by atoms with Crippen molar-refractivity contribution in [2.75, 3.05) is 14.1 Å². The van der Waals surface area contributed by atoms with E-state index in [4.69, 9.17) is 0 Å². The Balaban J connectivity index is 2.46. The Bertz CT molecular complexity index is 628. The van der Waals surface area contributed by atoms with Crippen LogP contribution in [0.3, 0.4) is 0 Å². The number of benzene rings is 1. The first kappa shape index (κ1) is 14.5. The van der Waals surface area contributed by atoms with E-state index in [1.54, 1.807) is 12.1 Å². The van der Waals surface area contributed by atoms with E-state index < -0.39 is 17.8 Å². The summed E-state index contributed by atoms with van der Waals surface area (Å²) in [5.41, 5.74) is 0.510. The number of rotatable bonds is 1. The number of aromatic hydroxyl groups is 1. The molecule has 0 radical (unpaired) electrons. The second-order valence-electron chi connectivity index (χ2n) is 4.28. The summed E-state index contributed by atoms with van der Waals surface area (Å²) in [7, 11) is 2.64. The average Bonchev–Trinajstić information content (AvgIpc) is 2.43. The van der Waals surface area contributed by atoms with Crippen molar-refractivity contribution < 1.29 is 19.5 Å². The summed E-state index contributed by atoms with van der Waals surface area (Å²) in [5.74, 6) is -1.15. The van der Waals surface area contributed by atoms with Gasteiger partial charge in [-0.25, -0.2) is 4.79 Å². The van der Waals surface area contributed by atoms with E-state index in [0.29, 0.717) is 9.13 Å². The van der Waals surface area contributed by atoms with Gasteiger partial charge in [0.15, 0.2) is 0 Å². The van der Waals surface area contributed by atoms with E-state index in [0.717, 1.165) is 9.80 Å². The van der Waals surface area contributed by atoms with Crippen molar-refractivity contribution in [1.29, 1.82) is 0 Å². The van der Waals surface area contributed by atoms with Crippen LogP contribution in [0.1, 0.15) is 5.56 Å². The van der Waals surface area contributed by atoms with Crippen LogP contribution >= 0.6 is 22.6 Å². The maximum absolute atomic E-state index is 12.0. The molecule has 1 heterocycles. The highest BCUT2D eigenvalue weighted by atomic mass is 127. The molecule has 0 unspecified atom stereocenters. The smallest absolute Gasteiger partial charge is 0.333 e. The molecule has 2 rings (SSSR count). The van der Waals surface area contributed by atoms with Gasteiger partial charge in [-0.1, -0.05) is 6.07 Å². The first-order chi connectivity index (χ1) is 9.32. The fraction of sp³-hybridized carbons (Fsp3) is 0.154. The van der Waals surface area contributed by atoms with Crippen LogP contribution in [-0.4, -0.2) is 46.8 Å². The normalized spacial score (nSPS) is 15.9. The minimum atomic E-state index is -0.655. The number of amides is 4. The van der Waals surface area contributed by atoms with Crippen molar-refractivity contribution in [2.45, 2.75) is 0 Å². The molecule has 4 amide bonds. The molecule has 0 bridgehead atoms. The fourth-order valence-electron chi connectivity index (χ4n) is 1.75. The second kappa shape index (κ2) is 5.23. The zero-order chi connectivity index (χ0) is 15.0. The number of carbonyl (C=O) groups is 3. The lowest BCUT2D eigenvalue weighted by Gasteiger charge is -2.28. The number of imide groups is 2. The Labute approximate surface area is 128 Å². The van der Waals surface area contributed by atoms with Gasteiger partial charge < -0.3 is 5.11 Å². The van der Waals surface area contributed by atoms with Crippen molar-refractivity contribution in [3.8, 4) is 5.75 Å². The summed E-state index contributed by atoms with van der Waals surface area (Å²) in [6.07, 6.45) is 1.41. The first-order valence-electron chi connectivity index (χ1n) is 5.63. The van der Waals surface area contributed by atoms with Gasteiger partial charge >= 0.3 is 6.03 Å². The van der Waals surface area contributed by atoms with E-state index in [1.807, 2.05) is 22.6 Å². The molecule has 0 aliphatic carbocycles. The third-order valence-corrected chi connectivity index (χ3v) is 3.79. The molecule has 1 aliphatic rings. The van der Waals surface area contributed by atoms with Crippen LogP contribution in [0.15, 0.2) is 23.8 Å². The van der Waals surface area contributed by atoms with Gasteiger partial charge in [0.1, 0.15) is 11.3 Å². The standard InChI is InChI=1S/C13H11IN2O4/c1-15-11(18)8(12(19)16(2)13(15)20)5-7-3-4-10(17)9(14)6-7/h3-6,17H,1-2H3. The Morgan fingerprint density at radius 3 is 2.15 bits per heavy atom. The lowest BCUT2D eigenvalue weighted by molar-refractivity contribution is -0.134. The van der Waals surface area contributed by atoms with E-state index in [-0.39, 0.29) is 11.3 Å². The number of nitrogens with zero attached hydrogens (tertiary/aromatic N) is 2. The molecule has 1 N–H and O–H groups in total. The molecule has 7 heteroatoms. The number of hydrogen-bond acceptors (Lipinski definition) is 4. The van der Waals surface area contributed by atoms with Crippen LogP contribution < -0.4 is 0 Å². The molecule has 6 nitrogen and oxygen atoms in total. The molecule has 0 saturated carbocycles. The lowest BCUT2D eigenvalue weighted by Crippen LogP contribution is -2.52. The summed E-state index contributed by atoms with van der Waals surface area (Å²) >= 11 is 1.94. The molecule has 20 heavy (non-hydrogen) atoms. The quantitative estimate of drug-likeness (QED) is 0.450. The van der Waals surface area contributed by atoms with Crippen LogP contribution in [0.5, 0.6) is 5.75 Å². The summed E-state index contributed by atoms with van der Waals surface area (Å²) < 4.78 is 0.602. The van der Waals surface area contributed by atoms with Gasteiger partial charge in [0, 0.05) is 14.1 Å². The van der Waals surface area contributed by atoms with Gasteiger partial charge in [0.05, 0.1) is 3.57 Å². The predicted octanol–water partition coefficient (Wildman–Crippen LogP) is 1.43. The van der Waals surface area contributed by atoms with E-state index >= 15 is 0 Å². The van der Waals surface area contributed by atoms with E-state index in [9.17, 15) is 19.5 Å². The van der Waals surface area contributed by atoms with Gasteiger partial charge in [0.25, 0.3) is 11.8 Å². The maximum Gasteiger partial charge on any atom is 0.333 e. The Morgan fingerprint density at radius 1 is 1.10 bits per heavy atom. The fourth-order valence-corrected chi connectivity index (χ4v) is 2.29. The van der Waals surface area contributed by atoms with E-state index in [2.05, 4.69) is 0 Å². The maximum atomic E-state index is 12.0. The molecule has 1 aromatic rings. The predicted molar refractivity (Wildman–Crippen MR) is 79.7 cm³/mol. The van der Waals surface area contributed by atoms with Crippen LogP contribution in [0.4, 0.5) is 4.79 Å². The Kier molecular flexibility index (Phi) is 3.80. The highest BCUT2D eigenvalue weighted by molar-refractivity contribution is 14.1. The van der Waals surface area contributed by atoms with Crippen LogP contribution in [0.25, 0.3) is 6.08 Å². The van der Waals surface area contributed by atoms with Gasteiger partial charge in [-0.15, -0.1) is 0 Å². The highest BCUT2D eigenvalue weighted by Gasteiger charge is 2.37. The molecule has 1 aliphatic heterocycles. The summed E-state index contributed by atoms with van der Waals surface area (Å²) in [4.78, 5) is 37.3. The summed E-state index contributed by atoms with van der Waals surface area (Å²) in [6.45, 7) is 0. The molecule has 0 atom stereocenters. The molecule has 0 aromatic heterocycles. The molecule has 1 aromatic carbocycles. The molecular weight excluding hydrogens is 375 g/mol. The zero-order valence-electron chi connectivity index (χ0n) is 10.8. The van der Waals surface area contributed by atoms with Crippen molar-refractivity contribution in [2.24, 2.45) is 0 Å². The lowest BCUT2D eigenvalue weighted by atomic mass is 10.1. The Morgan fingerprint density at radius 2 is 1.65 bits per heavy atom. The number of halogens is 1. The number of phenols is 1. The average molecular weight is 386 g/mol. The van der Waals surface area contributed by atoms with Crippen molar-refractivity contribution in [1.82, 2.24) is 9.80 Å². The van der Waals surface area contributed by atoms with Gasteiger partial charge in [-0.05, 0) is 46.4 Å². The zero-order valence-corrected chi connectivity index (χ0v) is 12.9. The minimum absolute atomic E-state index is 0.0870. The SMILES string of the molecule is CN1C(=O)C(=Cc2ccc(O)c(I)c2)C(=O)N(C)C1=O. The van der Waals surface area contributed by atoms with Crippen LogP contribution in [-0.2, 0) is 9.59 Å². The van der Waals surface area contributed by atoms with Crippen molar-refractivity contribution in [3.05, 3.63) is 32.9 Å². The number of urea groups is 1. The molecule has 1 saturated heterocycles. The van der Waals surface area contributed by atoms with Crippen molar-refractivity contribution >= 4 is 46.5 Å². The summed E-state index contributed by atoms with van der Waals surface area (Å²) in [6, 6.07) is 4.05. The van der Waals surface area contributed by atoms with Gasteiger partial charge in [0.2, 0.25) is 0 Å². The minimum Gasteiger partial charge on any atom is -0.507 e. The Hall–Kier alpha value is -1.90. The number of carbonyl (C=O) groups excluding carboxylic acids is 3. The molecular formula is C13H11IN2O4.